The van der Waals surface area contributed by atoms with E-state index in [4.69, 9.17) is 17.3 Å². The second-order valence-corrected chi connectivity index (χ2v) is 7.41. The Balaban J connectivity index is 1.62. The molecule has 3 heteroatoms. The molecule has 1 saturated carbocycles. The molecule has 2 atom stereocenters. The zero-order chi connectivity index (χ0) is 16.8. The van der Waals surface area contributed by atoms with Crippen LogP contribution in [0, 0.1) is 0 Å². The van der Waals surface area contributed by atoms with Gasteiger partial charge in [-0.15, -0.1) is 0 Å². The van der Waals surface area contributed by atoms with Gasteiger partial charge in [0.1, 0.15) is 0 Å². The van der Waals surface area contributed by atoms with Crippen LogP contribution < -0.4 is 11.1 Å². The molecule has 3 rings (SSSR count). The fourth-order valence-corrected chi connectivity index (χ4v) is 4.18. The summed E-state index contributed by atoms with van der Waals surface area (Å²) in [5.41, 5.74) is 8.98. The van der Waals surface area contributed by atoms with Crippen molar-refractivity contribution in [2.24, 2.45) is 5.73 Å². The topological polar surface area (TPSA) is 38.0 Å². The van der Waals surface area contributed by atoms with E-state index in [0.29, 0.717) is 12.6 Å². The Bertz CT molecular complexity index is 643. The average Bonchev–Trinajstić information content (AvgIpc) is 2.63. The number of nitrogens with two attached hydrogens (primary N) is 1. The van der Waals surface area contributed by atoms with E-state index in [-0.39, 0.29) is 5.41 Å². The van der Waals surface area contributed by atoms with Gasteiger partial charge in [0.15, 0.2) is 0 Å². The molecule has 2 aromatic carbocycles. The quantitative estimate of drug-likeness (QED) is 0.820. The molecule has 3 N–H and O–H groups in total. The Kier molecular flexibility index (Phi) is 5.94. The normalized spacial score (nSPS) is 24.0. The first-order chi connectivity index (χ1) is 11.7. The van der Waals surface area contributed by atoms with E-state index in [1.807, 2.05) is 12.1 Å². The third-order valence-corrected chi connectivity index (χ3v) is 5.60. The van der Waals surface area contributed by atoms with E-state index in [2.05, 4.69) is 47.8 Å². The Labute approximate surface area is 150 Å². The molecule has 0 heterocycles. The molecule has 128 valence electrons. The van der Waals surface area contributed by atoms with E-state index in [0.717, 1.165) is 30.8 Å². The van der Waals surface area contributed by atoms with Gasteiger partial charge in [-0.3, -0.25) is 0 Å². The summed E-state index contributed by atoms with van der Waals surface area (Å²) in [7, 11) is 0. The Morgan fingerprint density at radius 1 is 1.12 bits per heavy atom. The number of hydrogen-bond acceptors (Lipinski definition) is 2. The molecule has 0 bridgehead atoms. The molecule has 24 heavy (non-hydrogen) atoms. The number of nitrogens with one attached hydrogen (secondary N) is 1. The average molecular weight is 343 g/mol. The number of halogens is 1. The van der Waals surface area contributed by atoms with Crippen molar-refractivity contribution in [1.82, 2.24) is 5.32 Å². The van der Waals surface area contributed by atoms with Crippen molar-refractivity contribution in [3.8, 4) is 0 Å². The van der Waals surface area contributed by atoms with Crippen molar-refractivity contribution < 1.29 is 0 Å². The second kappa shape index (κ2) is 8.15. The van der Waals surface area contributed by atoms with Crippen molar-refractivity contribution in [2.45, 2.75) is 43.6 Å². The third-order valence-electron chi connectivity index (χ3n) is 5.36. The predicted molar refractivity (Wildman–Crippen MR) is 103 cm³/mol. The van der Waals surface area contributed by atoms with Crippen LogP contribution in [0.2, 0.25) is 5.02 Å². The van der Waals surface area contributed by atoms with E-state index < -0.39 is 0 Å². The number of benzene rings is 2. The molecule has 0 saturated heterocycles. The first kappa shape index (κ1) is 17.5. The smallest absolute Gasteiger partial charge is 0.0408 e. The van der Waals surface area contributed by atoms with Crippen molar-refractivity contribution in [1.29, 1.82) is 0 Å². The lowest BCUT2D eigenvalue weighted by Crippen LogP contribution is -2.46. The van der Waals surface area contributed by atoms with Gasteiger partial charge in [-0.2, -0.15) is 0 Å². The van der Waals surface area contributed by atoms with Gasteiger partial charge in [0, 0.05) is 23.0 Å². The first-order valence-corrected chi connectivity index (χ1v) is 9.33. The van der Waals surface area contributed by atoms with Crippen LogP contribution in [0.4, 0.5) is 0 Å². The van der Waals surface area contributed by atoms with Gasteiger partial charge in [-0.05, 0) is 55.5 Å². The molecular formula is C21H27ClN2. The Hall–Kier alpha value is -1.35. The Morgan fingerprint density at radius 3 is 2.71 bits per heavy atom. The third kappa shape index (κ3) is 4.18. The zero-order valence-corrected chi connectivity index (χ0v) is 14.9. The van der Waals surface area contributed by atoms with E-state index in [9.17, 15) is 0 Å². The molecule has 1 aliphatic carbocycles. The minimum Gasteiger partial charge on any atom is -0.330 e. The summed E-state index contributed by atoms with van der Waals surface area (Å²) in [5, 5.41) is 4.56. The maximum absolute atomic E-state index is 6.23. The molecule has 0 aromatic heterocycles. The summed E-state index contributed by atoms with van der Waals surface area (Å²) in [6, 6.07) is 19.5. The maximum atomic E-state index is 6.23. The van der Waals surface area contributed by atoms with Crippen molar-refractivity contribution >= 4 is 11.6 Å². The standard InChI is InChI=1S/C21H27ClN2/c22-19-9-4-8-18(14-19)21(16-23)12-5-10-20(15-21)24-13-11-17-6-2-1-3-7-17/h1-4,6-9,14,20,24H,5,10-13,15-16,23H2. The van der Waals surface area contributed by atoms with Crippen LogP contribution in [-0.4, -0.2) is 19.1 Å². The molecule has 1 aliphatic rings. The van der Waals surface area contributed by atoms with Crippen LogP contribution in [-0.2, 0) is 11.8 Å². The van der Waals surface area contributed by atoms with Crippen molar-refractivity contribution in [2.75, 3.05) is 13.1 Å². The van der Waals surface area contributed by atoms with E-state index in [1.54, 1.807) is 0 Å². The fraction of sp³-hybridized carbons (Fsp3) is 0.429. The molecular weight excluding hydrogens is 316 g/mol. The van der Waals surface area contributed by atoms with Gasteiger partial charge in [-0.1, -0.05) is 60.5 Å². The molecule has 2 nitrogen and oxygen atoms in total. The molecule has 0 spiro atoms. The fourth-order valence-electron chi connectivity index (χ4n) is 3.99. The van der Waals surface area contributed by atoms with Crippen LogP contribution in [0.15, 0.2) is 54.6 Å². The lowest BCUT2D eigenvalue weighted by molar-refractivity contribution is 0.245. The number of hydrogen-bond donors (Lipinski definition) is 2. The summed E-state index contributed by atoms with van der Waals surface area (Å²) in [4.78, 5) is 0. The molecule has 0 amide bonds. The first-order valence-electron chi connectivity index (χ1n) is 8.95. The highest BCUT2D eigenvalue weighted by molar-refractivity contribution is 6.30. The van der Waals surface area contributed by atoms with Crippen LogP contribution in [0.1, 0.15) is 36.8 Å². The highest BCUT2D eigenvalue weighted by Gasteiger charge is 2.36. The van der Waals surface area contributed by atoms with Gasteiger partial charge in [0.2, 0.25) is 0 Å². The summed E-state index contributed by atoms with van der Waals surface area (Å²) >= 11 is 6.21. The SMILES string of the molecule is NCC1(c2cccc(Cl)c2)CCCC(NCCc2ccccc2)C1. The maximum Gasteiger partial charge on any atom is 0.0408 e. The van der Waals surface area contributed by atoms with Crippen LogP contribution >= 0.6 is 11.6 Å². The molecule has 2 unspecified atom stereocenters. The monoisotopic (exact) mass is 342 g/mol. The summed E-state index contributed by atoms with van der Waals surface area (Å²) in [5.74, 6) is 0. The van der Waals surface area contributed by atoms with Gasteiger partial charge >= 0.3 is 0 Å². The minimum absolute atomic E-state index is 0.0631. The largest absolute Gasteiger partial charge is 0.330 e. The van der Waals surface area contributed by atoms with Crippen LogP contribution in [0.25, 0.3) is 0 Å². The predicted octanol–water partition coefficient (Wildman–Crippen LogP) is 4.31. The molecule has 0 radical (unpaired) electrons. The van der Waals surface area contributed by atoms with Gasteiger partial charge in [-0.25, -0.2) is 0 Å². The molecule has 2 aromatic rings. The lowest BCUT2D eigenvalue weighted by Gasteiger charge is -2.41. The Morgan fingerprint density at radius 2 is 1.96 bits per heavy atom. The number of rotatable bonds is 6. The summed E-state index contributed by atoms with van der Waals surface area (Å²) in [6.07, 6.45) is 5.77. The van der Waals surface area contributed by atoms with E-state index in [1.165, 1.54) is 24.0 Å². The van der Waals surface area contributed by atoms with Crippen molar-refractivity contribution in [3.63, 3.8) is 0 Å². The van der Waals surface area contributed by atoms with E-state index >= 15 is 0 Å². The van der Waals surface area contributed by atoms with Crippen LogP contribution in [0.3, 0.4) is 0 Å². The van der Waals surface area contributed by atoms with Crippen LogP contribution in [0.5, 0.6) is 0 Å². The summed E-state index contributed by atoms with van der Waals surface area (Å²) < 4.78 is 0. The molecule has 0 aliphatic heterocycles. The van der Waals surface area contributed by atoms with Crippen molar-refractivity contribution in [3.05, 3.63) is 70.7 Å². The van der Waals surface area contributed by atoms with Gasteiger partial charge in [0.25, 0.3) is 0 Å². The zero-order valence-electron chi connectivity index (χ0n) is 14.2. The van der Waals surface area contributed by atoms with Gasteiger partial charge in [0.05, 0.1) is 0 Å². The molecule has 1 fully saturated rings. The lowest BCUT2D eigenvalue weighted by atomic mass is 9.68. The highest BCUT2D eigenvalue weighted by Crippen LogP contribution is 2.39. The van der Waals surface area contributed by atoms with Gasteiger partial charge < -0.3 is 11.1 Å². The summed E-state index contributed by atoms with van der Waals surface area (Å²) in [6.45, 7) is 1.70. The minimum atomic E-state index is 0.0631. The second-order valence-electron chi connectivity index (χ2n) is 6.98. The highest BCUT2D eigenvalue weighted by atomic mass is 35.5.